The van der Waals surface area contributed by atoms with Gasteiger partial charge >= 0.3 is 6.72 Å². The molecule has 1 aliphatic heterocycles. The molecule has 0 aromatic carbocycles. The van der Waals surface area contributed by atoms with Crippen LogP contribution in [0.15, 0.2) is 12.7 Å². The highest BCUT2D eigenvalue weighted by atomic mass is 32.5. The van der Waals surface area contributed by atoms with Crippen molar-refractivity contribution in [2.24, 2.45) is 0 Å². The zero-order valence-corrected chi connectivity index (χ0v) is 14.1. The predicted molar refractivity (Wildman–Crippen MR) is 84.9 cm³/mol. The van der Waals surface area contributed by atoms with E-state index < -0.39 is 37.4 Å². The number of nitrogens with zero attached hydrogens (tertiary/aromatic N) is 4. The molecular weight excluding hydrogens is 361 g/mol. The van der Waals surface area contributed by atoms with Crippen molar-refractivity contribution in [2.45, 2.75) is 31.0 Å². The van der Waals surface area contributed by atoms with Crippen molar-refractivity contribution in [3.8, 4) is 0 Å². The Morgan fingerprint density at radius 2 is 2.12 bits per heavy atom. The fourth-order valence-electron chi connectivity index (χ4n) is 2.65. The summed E-state index contributed by atoms with van der Waals surface area (Å²) in [5.41, 5.74) is 4.94. The van der Waals surface area contributed by atoms with Crippen molar-refractivity contribution in [2.75, 3.05) is 12.3 Å². The van der Waals surface area contributed by atoms with E-state index in [1.165, 1.54) is 24.1 Å². The molecule has 1 saturated heterocycles. The highest BCUT2D eigenvalue weighted by Crippen LogP contribution is 2.41. The Balaban J connectivity index is 1.94. The van der Waals surface area contributed by atoms with E-state index in [1.54, 1.807) is 0 Å². The first-order chi connectivity index (χ1) is 11.1. The summed E-state index contributed by atoms with van der Waals surface area (Å²) in [6.07, 6.45) is -1.16. The minimum atomic E-state index is -3.91. The maximum atomic E-state index is 10.4. The molecule has 1 aliphatic rings. The van der Waals surface area contributed by atoms with Crippen molar-refractivity contribution in [1.29, 1.82) is 0 Å². The van der Waals surface area contributed by atoms with Gasteiger partial charge in [-0.1, -0.05) is 0 Å². The fraction of sp³-hybridized carbons (Fsp3) is 0.545. The zero-order valence-electron chi connectivity index (χ0n) is 12.4. The predicted octanol–water partition coefficient (Wildman–Crippen LogP) is -1.57. The van der Waals surface area contributed by atoms with E-state index in [0.717, 1.165) is 0 Å². The van der Waals surface area contributed by atoms with Gasteiger partial charge in [-0.15, -0.1) is 0 Å². The number of aliphatic hydroxyl groups excluding tert-OH is 2. The third-order valence-electron chi connectivity index (χ3n) is 3.89. The van der Waals surface area contributed by atoms with Crippen molar-refractivity contribution < 1.29 is 29.3 Å². The molecule has 24 heavy (non-hydrogen) atoms. The molecule has 132 valence electrons. The minimum absolute atomic E-state index is 0.163. The second-order valence-electron chi connectivity index (χ2n) is 5.48. The van der Waals surface area contributed by atoms with Crippen LogP contribution in [0.3, 0.4) is 0 Å². The van der Waals surface area contributed by atoms with E-state index in [4.69, 9.17) is 24.8 Å². The molecule has 1 fully saturated rings. The number of imidazole rings is 1. The summed E-state index contributed by atoms with van der Waals surface area (Å²) in [5.74, 6) is 0.163. The third kappa shape index (κ3) is 2.91. The van der Waals surface area contributed by atoms with Crippen LogP contribution in [0.2, 0.25) is 0 Å². The van der Waals surface area contributed by atoms with Gasteiger partial charge in [-0.3, -0.25) is 4.57 Å². The van der Waals surface area contributed by atoms with E-state index in [1.807, 2.05) is 0 Å². The summed E-state index contributed by atoms with van der Waals surface area (Å²) >= 11 is 4.36. The maximum Gasteiger partial charge on any atom is 0.321 e. The van der Waals surface area contributed by atoms with Gasteiger partial charge in [0, 0.05) is 0 Å². The molecule has 0 radical (unpaired) electrons. The molecule has 6 N–H and O–H groups in total. The standard InChI is InChI=1S/C11H16N5O6PS/c1-11(16-4-15-6-9(12)13-3-14-10(6)16)8(18)7(17)5(22-11)2-21-23(19,20)24/h3-5,7-8,17-18H,2H2,1H3,(H2,12,13,14)(H2,19,20,24)/t5-,7-,8-,11-/m1/s1. The molecule has 4 atom stereocenters. The lowest BCUT2D eigenvalue weighted by Crippen LogP contribution is -2.43. The number of anilines is 1. The molecular formula is C11H16N5O6PS. The molecule has 3 rings (SSSR count). The number of fused-ring (bicyclic) bond motifs is 1. The van der Waals surface area contributed by atoms with Gasteiger partial charge in [-0.2, -0.15) is 0 Å². The van der Waals surface area contributed by atoms with Gasteiger partial charge < -0.3 is 35.0 Å². The van der Waals surface area contributed by atoms with E-state index in [9.17, 15) is 10.2 Å². The topological polar surface area (TPSA) is 169 Å². The SMILES string of the molecule is C[C@@]1(n2cnc3c(N)ncnc32)O[C@H](COP(O)(O)=S)[C@@H](O)[C@H]1O. The number of aromatic nitrogens is 4. The lowest BCUT2D eigenvalue weighted by Gasteiger charge is -2.29. The van der Waals surface area contributed by atoms with E-state index in [0.29, 0.717) is 11.2 Å². The van der Waals surface area contributed by atoms with Gasteiger partial charge in [0.15, 0.2) is 17.2 Å². The molecule has 0 saturated carbocycles. The minimum Gasteiger partial charge on any atom is -0.387 e. The zero-order chi connectivity index (χ0) is 17.7. The molecule has 13 heteroatoms. The lowest BCUT2D eigenvalue weighted by atomic mass is 10.0. The van der Waals surface area contributed by atoms with E-state index in [-0.39, 0.29) is 5.82 Å². The van der Waals surface area contributed by atoms with Gasteiger partial charge in [-0.25, -0.2) is 15.0 Å². The first-order valence-corrected chi connectivity index (χ1v) is 9.44. The Morgan fingerprint density at radius 1 is 1.42 bits per heavy atom. The second-order valence-corrected chi connectivity index (χ2v) is 8.14. The summed E-state index contributed by atoms with van der Waals surface area (Å²) in [5, 5.41) is 20.6. The van der Waals surface area contributed by atoms with Gasteiger partial charge in [0.25, 0.3) is 0 Å². The molecule has 0 unspecified atom stereocenters. The largest absolute Gasteiger partial charge is 0.387 e. The van der Waals surface area contributed by atoms with E-state index >= 15 is 0 Å². The Bertz CT molecular complexity index is 813. The molecule has 0 amide bonds. The van der Waals surface area contributed by atoms with Crippen LogP contribution < -0.4 is 5.73 Å². The van der Waals surface area contributed by atoms with Crippen LogP contribution >= 0.6 is 6.72 Å². The molecule has 3 heterocycles. The Hall–Kier alpha value is -1.24. The number of nitrogens with two attached hydrogens (primary N) is 1. The molecule has 11 nitrogen and oxygen atoms in total. The van der Waals surface area contributed by atoms with Crippen molar-refractivity contribution in [1.82, 2.24) is 19.5 Å². The van der Waals surface area contributed by atoms with Gasteiger partial charge in [0.2, 0.25) is 0 Å². The monoisotopic (exact) mass is 377 g/mol. The van der Waals surface area contributed by atoms with Gasteiger partial charge in [0.05, 0.1) is 12.9 Å². The first-order valence-electron chi connectivity index (χ1n) is 6.81. The molecule has 0 aliphatic carbocycles. The first kappa shape index (κ1) is 17.6. The number of aliphatic hydroxyl groups is 2. The van der Waals surface area contributed by atoms with Crippen LogP contribution in [0.4, 0.5) is 5.82 Å². The lowest BCUT2D eigenvalue weighted by molar-refractivity contribution is -0.131. The van der Waals surface area contributed by atoms with Crippen molar-refractivity contribution in [3.63, 3.8) is 0 Å². The molecule has 0 bridgehead atoms. The average Bonchev–Trinajstić information content (AvgIpc) is 3.02. The second kappa shape index (κ2) is 5.93. The Kier molecular flexibility index (Phi) is 4.35. The molecule has 0 spiro atoms. The fourth-order valence-corrected chi connectivity index (χ4v) is 3.17. The van der Waals surface area contributed by atoms with Crippen molar-refractivity contribution in [3.05, 3.63) is 12.7 Å². The van der Waals surface area contributed by atoms with Crippen LogP contribution in [0.25, 0.3) is 11.2 Å². The molecule has 2 aromatic heterocycles. The number of rotatable bonds is 4. The summed E-state index contributed by atoms with van der Waals surface area (Å²) in [4.78, 5) is 30.3. The van der Waals surface area contributed by atoms with Crippen molar-refractivity contribution >= 4 is 35.5 Å². The maximum absolute atomic E-state index is 10.4. The van der Waals surface area contributed by atoms with Gasteiger partial charge in [0.1, 0.15) is 30.2 Å². The number of nitrogen functional groups attached to an aromatic ring is 1. The number of hydrogen-bond acceptors (Lipinski definition) is 9. The molecule has 2 aromatic rings. The Labute approximate surface area is 140 Å². The van der Waals surface area contributed by atoms with Crippen LogP contribution in [0.1, 0.15) is 6.92 Å². The number of ether oxygens (including phenoxy) is 1. The number of hydrogen-bond donors (Lipinski definition) is 5. The quantitative estimate of drug-likeness (QED) is 0.390. The summed E-state index contributed by atoms with van der Waals surface area (Å²) in [6.45, 7) is -2.79. The summed E-state index contributed by atoms with van der Waals surface area (Å²) in [6, 6.07) is 0. The van der Waals surface area contributed by atoms with Crippen LogP contribution in [-0.2, 0) is 26.8 Å². The van der Waals surface area contributed by atoms with Crippen LogP contribution in [0, 0.1) is 0 Å². The summed E-state index contributed by atoms with van der Waals surface area (Å²) < 4.78 is 11.8. The van der Waals surface area contributed by atoms with Crippen LogP contribution in [0.5, 0.6) is 0 Å². The highest BCUT2D eigenvalue weighted by Gasteiger charge is 2.53. The normalized spacial score (nSPS) is 31.0. The highest BCUT2D eigenvalue weighted by molar-refractivity contribution is 8.06. The third-order valence-corrected chi connectivity index (χ3v) is 4.69. The van der Waals surface area contributed by atoms with Crippen LogP contribution in [-0.4, -0.2) is 64.4 Å². The van der Waals surface area contributed by atoms with E-state index in [2.05, 4.69) is 26.8 Å². The van der Waals surface area contributed by atoms with Gasteiger partial charge in [-0.05, 0) is 18.7 Å². The Morgan fingerprint density at radius 3 is 2.79 bits per heavy atom. The smallest absolute Gasteiger partial charge is 0.321 e. The average molecular weight is 377 g/mol. The summed E-state index contributed by atoms with van der Waals surface area (Å²) in [7, 11) is 0.